The molecule has 0 aliphatic rings. The number of hydrogen-bond acceptors (Lipinski definition) is 2. The molecule has 0 spiro atoms. The summed E-state index contributed by atoms with van der Waals surface area (Å²) in [7, 11) is 1.63. The Balaban J connectivity index is 2.51. The smallest absolute Gasteiger partial charge is 0.258 e. The molecule has 0 atom stereocenters. The van der Waals surface area contributed by atoms with Crippen LogP contribution in [0.1, 0.15) is 0 Å². The van der Waals surface area contributed by atoms with Crippen molar-refractivity contribution in [1.29, 1.82) is 0 Å². The molecular weight excluding hydrogens is 190 g/mol. The van der Waals surface area contributed by atoms with E-state index in [9.17, 15) is 4.79 Å². The van der Waals surface area contributed by atoms with E-state index in [1.54, 1.807) is 11.7 Å². The molecule has 1 heterocycles. The Morgan fingerprint density at radius 1 is 1.27 bits per heavy atom. The van der Waals surface area contributed by atoms with Crippen LogP contribution in [0.4, 0.5) is 0 Å². The molecule has 15 heavy (non-hydrogen) atoms. The maximum absolute atomic E-state index is 11.9. The minimum absolute atomic E-state index is 0.0464. The van der Waals surface area contributed by atoms with Gasteiger partial charge in [-0.1, -0.05) is 18.2 Å². The van der Waals surface area contributed by atoms with Gasteiger partial charge in [-0.2, -0.15) is 0 Å². The zero-order valence-electron chi connectivity index (χ0n) is 8.64. The van der Waals surface area contributed by atoms with Gasteiger partial charge >= 0.3 is 0 Å². The molecular formula is C12H13NO2. The van der Waals surface area contributed by atoms with Gasteiger partial charge in [0.25, 0.3) is 5.56 Å². The molecule has 1 aromatic heterocycles. The van der Waals surface area contributed by atoms with E-state index in [1.165, 1.54) is 0 Å². The van der Waals surface area contributed by atoms with Crippen LogP contribution in [0, 0.1) is 0 Å². The molecule has 78 valence electrons. The summed E-state index contributed by atoms with van der Waals surface area (Å²) in [4.78, 5) is 11.9. The van der Waals surface area contributed by atoms with Crippen molar-refractivity contribution in [2.24, 2.45) is 0 Å². The lowest BCUT2D eigenvalue weighted by atomic mass is 10.2. The van der Waals surface area contributed by atoms with E-state index in [2.05, 4.69) is 0 Å². The van der Waals surface area contributed by atoms with E-state index < -0.39 is 0 Å². The molecule has 0 fully saturated rings. The predicted molar refractivity (Wildman–Crippen MR) is 60.1 cm³/mol. The fraction of sp³-hybridized carbons (Fsp3) is 0.250. The highest BCUT2D eigenvalue weighted by Gasteiger charge is 2.00. The minimum Gasteiger partial charge on any atom is -0.383 e. The Bertz CT molecular complexity index is 516. The first-order valence-electron chi connectivity index (χ1n) is 4.90. The van der Waals surface area contributed by atoms with Crippen LogP contribution in [0.5, 0.6) is 0 Å². The summed E-state index contributed by atoms with van der Waals surface area (Å²) in [5, 5.41) is 1.74. The third-order valence-electron chi connectivity index (χ3n) is 2.42. The van der Waals surface area contributed by atoms with E-state index in [0.717, 1.165) is 10.8 Å². The van der Waals surface area contributed by atoms with Gasteiger partial charge in [0, 0.05) is 25.2 Å². The summed E-state index contributed by atoms with van der Waals surface area (Å²) in [6.45, 7) is 1.15. The fourth-order valence-electron chi connectivity index (χ4n) is 1.60. The second-order valence-corrected chi connectivity index (χ2v) is 3.39. The SMILES string of the molecule is COCCn1ccc2ccccc2c1=O. The lowest BCUT2D eigenvalue weighted by Crippen LogP contribution is -2.21. The maximum atomic E-state index is 11.9. The summed E-state index contributed by atoms with van der Waals surface area (Å²) in [5.74, 6) is 0. The van der Waals surface area contributed by atoms with E-state index in [1.807, 2.05) is 36.5 Å². The highest BCUT2D eigenvalue weighted by atomic mass is 16.5. The number of pyridine rings is 1. The van der Waals surface area contributed by atoms with Crippen LogP contribution in [0.3, 0.4) is 0 Å². The molecule has 0 radical (unpaired) electrons. The highest BCUT2D eigenvalue weighted by Crippen LogP contribution is 2.07. The van der Waals surface area contributed by atoms with E-state index in [0.29, 0.717) is 13.2 Å². The Labute approximate surface area is 87.9 Å². The quantitative estimate of drug-likeness (QED) is 0.759. The molecule has 0 aliphatic carbocycles. The molecule has 0 unspecified atom stereocenters. The van der Waals surface area contributed by atoms with Gasteiger partial charge in [0.15, 0.2) is 0 Å². The summed E-state index contributed by atoms with van der Waals surface area (Å²) in [6.07, 6.45) is 1.81. The normalized spacial score (nSPS) is 10.7. The number of rotatable bonds is 3. The molecule has 0 saturated heterocycles. The number of aromatic nitrogens is 1. The molecule has 0 saturated carbocycles. The lowest BCUT2D eigenvalue weighted by Gasteiger charge is -2.05. The Morgan fingerprint density at radius 3 is 2.87 bits per heavy atom. The average Bonchev–Trinajstić information content (AvgIpc) is 2.29. The van der Waals surface area contributed by atoms with Gasteiger partial charge in [0.05, 0.1) is 6.61 Å². The van der Waals surface area contributed by atoms with E-state index in [-0.39, 0.29) is 5.56 Å². The van der Waals surface area contributed by atoms with Gasteiger partial charge in [-0.05, 0) is 17.5 Å². The van der Waals surface area contributed by atoms with Crippen LogP contribution >= 0.6 is 0 Å². The fourth-order valence-corrected chi connectivity index (χ4v) is 1.60. The summed E-state index contributed by atoms with van der Waals surface area (Å²) < 4.78 is 6.63. The molecule has 3 nitrogen and oxygen atoms in total. The zero-order valence-corrected chi connectivity index (χ0v) is 8.64. The summed E-state index contributed by atoms with van der Waals surface area (Å²) in [5.41, 5.74) is 0.0464. The second kappa shape index (κ2) is 4.28. The number of fused-ring (bicyclic) bond motifs is 1. The second-order valence-electron chi connectivity index (χ2n) is 3.39. The average molecular weight is 203 g/mol. The molecule has 0 bridgehead atoms. The lowest BCUT2D eigenvalue weighted by molar-refractivity contribution is 0.186. The van der Waals surface area contributed by atoms with E-state index in [4.69, 9.17) is 4.74 Å². The van der Waals surface area contributed by atoms with Crippen molar-refractivity contribution < 1.29 is 4.74 Å². The van der Waals surface area contributed by atoms with Crippen LogP contribution in [0.15, 0.2) is 41.3 Å². The van der Waals surface area contributed by atoms with Crippen LogP contribution in [0.25, 0.3) is 10.8 Å². The molecule has 0 aliphatic heterocycles. The van der Waals surface area contributed by atoms with Crippen LogP contribution in [0.2, 0.25) is 0 Å². The van der Waals surface area contributed by atoms with Gasteiger partial charge in [0.2, 0.25) is 0 Å². The summed E-state index contributed by atoms with van der Waals surface area (Å²) >= 11 is 0. The van der Waals surface area contributed by atoms with Crippen LogP contribution < -0.4 is 5.56 Å². The van der Waals surface area contributed by atoms with E-state index >= 15 is 0 Å². The molecule has 2 aromatic rings. The first-order chi connectivity index (χ1) is 7.33. The van der Waals surface area contributed by atoms with Gasteiger partial charge in [-0.25, -0.2) is 0 Å². The number of nitrogens with zero attached hydrogens (tertiary/aromatic N) is 1. The first kappa shape index (κ1) is 9.93. The van der Waals surface area contributed by atoms with Crippen molar-refractivity contribution in [3.8, 4) is 0 Å². The highest BCUT2D eigenvalue weighted by molar-refractivity contribution is 5.81. The van der Waals surface area contributed by atoms with Crippen molar-refractivity contribution in [2.45, 2.75) is 6.54 Å². The van der Waals surface area contributed by atoms with Crippen LogP contribution in [-0.2, 0) is 11.3 Å². The summed E-state index contributed by atoms with van der Waals surface area (Å²) in [6, 6.07) is 9.55. The van der Waals surface area contributed by atoms with Gasteiger partial charge < -0.3 is 9.30 Å². The van der Waals surface area contributed by atoms with Crippen molar-refractivity contribution in [3.63, 3.8) is 0 Å². The van der Waals surface area contributed by atoms with Crippen LogP contribution in [-0.4, -0.2) is 18.3 Å². The molecule has 0 N–H and O–H groups in total. The predicted octanol–water partition coefficient (Wildman–Crippen LogP) is 1.65. The number of benzene rings is 1. The number of methoxy groups -OCH3 is 1. The molecule has 3 heteroatoms. The molecule has 2 rings (SSSR count). The Kier molecular flexibility index (Phi) is 2.83. The number of hydrogen-bond donors (Lipinski definition) is 0. The third-order valence-corrected chi connectivity index (χ3v) is 2.42. The Morgan fingerprint density at radius 2 is 2.07 bits per heavy atom. The number of ether oxygens (including phenoxy) is 1. The van der Waals surface area contributed by atoms with Gasteiger partial charge in [-0.15, -0.1) is 0 Å². The van der Waals surface area contributed by atoms with Gasteiger partial charge in [0.1, 0.15) is 0 Å². The zero-order chi connectivity index (χ0) is 10.7. The monoisotopic (exact) mass is 203 g/mol. The van der Waals surface area contributed by atoms with Gasteiger partial charge in [-0.3, -0.25) is 4.79 Å². The van der Waals surface area contributed by atoms with Crippen molar-refractivity contribution in [2.75, 3.05) is 13.7 Å². The molecule has 1 aromatic carbocycles. The topological polar surface area (TPSA) is 31.2 Å². The van der Waals surface area contributed by atoms with Crippen molar-refractivity contribution in [1.82, 2.24) is 4.57 Å². The first-order valence-corrected chi connectivity index (χ1v) is 4.90. The molecule has 0 amide bonds. The largest absolute Gasteiger partial charge is 0.383 e. The third kappa shape index (κ3) is 1.92. The standard InChI is InChI=1S/C12H13NO2/c1-15-9-8-13-7-6-10-4-2-3-5-11(10)12(13)14/h2-7H,8-9H2,1H3. The maximum Gasteiger partial charge on any atom is 0.258 e. The van der Waals surface area contributed by atoms with Crippen molar-refractivity contribution >= 4 is 10.8 Å². The Hall–Kier alpha value is -1.61. The van der Waals surface area contributed by atoms with Crippen molar-refractivity contribution in [3.05, 3.63) is 46.9 Å². The minimum atomic E-state index is 0.0464.